The van der Waals surface area contributed by atoms with Crippen LogP contribution in [0, 0.1) is 0 Å². The third-order valence-electron chi connectivity index (χ3n) is 4.41. The lowest BCUT2D eigenvalue weighted by Gasteiger charge is -2.14. The highest BCUT2D eigenvalue weighted by Crippen LogP contribution is 2.37. The minimum absolute atomic E-state index is 0.150. The fourth-order valence-corrected chi connectivity index (χ4v) is 3.10. The lowest BCUT2D eigenvalue weighted by atomic mass is 9.97. The number of hydrogen-bond acceptors (Lipinski definition) is 4. The molecule has 1 aliphatic rings. The summed E-state index contributed by atoms with van der Waals surface area (Å²) in [5.41, 5.74) is 4.03. The number of H-pyrrole nitrogens is 1. The number of amides is 1. The van der Waals surface area contributed by atoms with E-state index in [0.29, 0.717) is 5.69 Å². The molecule has 2 aromatic carbocycles. The molecule has 4 rings (SSSR count). The Balaban J connectivity index is 1.77. The molecule has 3 aromatic rings. The fraction of sp³-hybridized carbons (Fsp3) is 0.158. The highest BCUT2D eigenvalue weighted by molar-refractivity contribution is 6.00. The number of nitrogens with one attached hydrogen (secondary N) is 2. The van der Waals surface area contributed by atoms with Crippen LogP contribution in [0.1, 0.15) is 27.7 Å². The molecule has 1 atom stereocenters. The van der Waals surface area contributed by atoms with Gasteiger partial charge in [-0.2, -0.15) is 5.10 Å². The SMILES string of the molecule is COc1ccc(-c2n[nH]c3c2[C@H](c2ccc(OC)cc2)NC3=O)cc1. The van der Waals surface area contributed by atoms with E-state index in [9.17, 15) is 4.79 Å². The first-order valence-electron chi connectivity index (χ1n) is 7.88. The Morgan fingerprint density at radius 3 is 2.12 bits per heavy atom. The average molecular weight is 335 g/mol. The molecule has 0 aliphatic carbocycles. The summed E-state index contributed by atoms with van der Waals surface area (Å²) in [4.78, 5) is 12.3. The molecule has 1 aromatic heterocycles. The molecule has 0 radical (unpaired) electrons. The smallest absolute Gasteiger partial charge is 0.270 e. The van der Waals surface area contributed by atoms with E-state index in [4.69, 9.17) is 9.47 Å². The van der Waals surface area contributed by atoms with Crippen LogP contribution in [-0.4, -0.2) is 30.3 Å². The summed E-state index contributed by atoms with van der Waals surface area (Å²) >= 11 is 0. The minimum Gasteiger partial charge on any atom is -0.497 e. The number of benzene rings is 2. The van der Waals surface area contributed by atoms with Crippen molar-refractivity contribution in [2.75, 3.05) is 14.2 Å². The van der Waals surface area contributed by atoms with Crippen LogP contribution in [0.3, 0.4) is 0 Å². The van der Waals surface area contributed by atoms with Crippen molar-refractivity contribution in [3.63, 3.8) is 0 Å². The van der Waals surface area contributed by atoms with E-state index in [0.717, 1.165) is 33.9 Å². The topological polar surface area (TPSA) is 76.2 Å². The first kappa shape index (κ1) is 15.3. The van der Waals surface area contributed by atoms with E-state index < -0.39 is 0 Å². The summed E-state index contributed by atoms with van der Waals surface area (Å²) in [5.74, 6) is 1.40. The molecular weight excluding hydrogens is 318 g/mol. The van der Waals surface area contributed by atoms with Gasteiger partial charge in [0.05, 0.1) is 26.0 Å². The Morgan fingerprint density at radius 1 is 0.920 bits per heavy atom. The molecular formula is C19H17N3O3. The monoisotopic (exact) mass is 335 g/mol. The second-order valence-corrected chi connectivity index (χ2v) is 5.77. The van der Waals surface area contributed by atoms with Gasteiger partial charge in [0.1, 0.15) is 17.2 Å². The number of ether oxygens (including phenoxy) is 2. The molecule has 1 aliphatic heterocycles. The number of aromatic nitrogens is 2. The third-order valence-corrected chi connectivity index (χ3v) is 4.41. The molecule has 6 nitrogen and oxygen atoms in total. The fourth-order valence-electron chi connectivity index (χ4n) is 3.10. The maximum atomic E-state index is 12.3. The quantitative estimate of drug-likeness (QED) is 0.769. The highest BCUT2D eigenvalue weighted by atomic mass is 16.5. The number of aromatic amines is 1. The van der Waals surface area contributed by atoms with E-state index in [1.807, 2.05) is 48.5 Å². The van der Waals surface area contributed by atoms with E-state index in [1.165, 1.54) is 0 Å². The number of fused-ring (bicyclic) bond motifs is 1. The number of hydrogen-bond donors (Lipinski definition) is 2. The van der Waals surface area contributed by atoms with Gasteiger partial charge >= 0.3 is 0 Å². The van der Waals surface area contributed by atoms with Gasteiger partial charge in [-0.05, 0) is 42.0 Å². The molecule has 0 unspecified atom stereocenters. The Labute approximate surface area is 144 Å². The van der Waals surface area contributed by atoms with Crippen LogP contribution < -0.4 is 14.8 Å². The van der Waals surface area contributed by atoms with Crippen LogP contribution in [0.4, 0.5) is 0 Å². The zero-order chi connectivity index (χ0) is 17.4. The van der Waals surface area contributed by atoms with E-state index >= 15 is 0 Å². The predicted molar refractivity (Wildman–Crippen MR) is 92.9 cm³/mol. The summed E-state index contributed by atoms with van der Waals surface area (Å²) < 4.78 is 10.4. The van der Waals surface area contributed by atoms with Crippen molar-refractivity contribution in [2.24, 2.45) is 0 Å². The van der Waals surface area contributed by atoms with Gasteiger partial charge in [0.25, 0.3) is 5.91 Å². The standard InChI is InChI=1S/C19H17N3O3/c1-24-13-7-3-11(4-8-13)16-15-17(21-22-18(15)19(23)20-16)12-5-9-14(25-2)10-6-12/h3-10,16H,1-2H3,(H,20,23)(H,21,22)/t16-/m0/s1. The summed E-state index contributed by atoms with van der Waals surface area (Å²) in [5, 5.41) is 10.2. The molecule has 0 spiro atoms. The Hall–Kier alpha value is -3.28. The molecule has 2 N–H and O–H groups in total. The maximum absolute atomic E-state index is 12.3. The maximum Gasteiger partial charge on any atom is 0.270 e. The van der Waals surface area contributed by atoms with Gasteiger partial charge in [-0.3, -0.25) is 9.89 Å². The predicted octanol–water partition coefficient (Wildman–Crippen LogP) is 2.93. The summed E-state index contributed by atoms with van der Waals surface area (Å²) in [7, 11) is 3.26. The van der Waals surface area contributed by atoms with E-state index in [2.05, 4.69) is 15.5 Å². The lowest BCUT2D eigenvalue weighted by Crippen LogP contribution is -2.21. The number of rotatable bonds is 4. The van der Waals surface area contributed by atoms with Crippen molar-refractivity contribution in [3.8, 4) is 22.8 Å². The van der Waals surface area contributed by atoms with E-state index in [-0.39, 0.29) is 11.9 Å². The van der Waals surface area contributed by atoms with Crippen molar-refractivity contribution in [2.45, 2.75) is 6.04 Å². The van der Waals surface area contributed by atoms with Crippen molar-refractivity contribution < 1.29 is 14.3 Å². The van der Waals surface area contributed by atoms with Crippen LogP contribution in [-0.2, 0) is 0 Å². The molecule has 6 heteroatoms. The molecule has 0 saturated carbocycles. The summed E-state index contributed by atoms with van der Waals surface area (Å²) in [6.07, 6.45) is 0. The number of methoxy groups -OCH3 is 2. The van der Waals surface area contributed by atoms with Gasteiger partial charge in [-0.25, -0.2) is 0 Å². The number of carbonyl (C=O) groups is 1. The molecule has 126 valence electrons. The molecule has 0 fully saturated rings. The van der Waals surface area contributed by atoms with Crippen molar-refractivity contribution in [1.29, 1.82) is 0 Å². The van der Waals surface area contributed by atoms with Crippen LogP contribution in [0.15, 0.2) is 48.5 Å². The first-order chi connectivity index (χ1) is 12.2. The van der Waals surface area contributed by atoms with Gasteiger partial charge in [-0.15, -0.1) is 0 Å². The zero-order valence-corrected chi connectivity index (χ0v) is 13.9. The van der Waals surface area contributed by atoms with Crippen molar-refractivity contribution >= 4 is 5.91 Å². The highest BCUT2D eigenvalue weighted by Gasteiger charge is 2.35. The second kappa shape index (κ2) is 5.98. The van der Waals surface area contributed by atoms with Gasteiger partial charge in [-0.1, -0.05) is 12.1 Å². The largest absolute Gasteiger partial charge is 0.497 e. The molecule has 0 saturated heterocycles. The normalized spacial score (nSPS) is 15.6. The van der Waals surface area contributed by atoms with Crippen LogP contribution in [0.2, 0.25) is 0 Å². The second-order valence-electron chi connectivity index (χ2n) is 5.77. The first-order valence-corrected chi connectivity index (χ1v) is 7.88. The minimum atomic E-state index is -0.246. The summed E-state index contributed by atoms with van der Waals surface area (Å²) in [6.45, 7) is 0. The van der Waals surface area contributed by atoms with Gasteiger partial charge in [0.2, 0.25) is 0 Å². The number of nitrogens with zero attached hydrogens (tertiary/aromatic N) is 1. The Morgan fingerprint density at radius 2 is 1.52 bits per heavy atom. The van der Waals surface area contributed by atoms with Crippen molar-refractivity contribution in [3.05, 3.63) is 65.4 Å². The van der Waals surface area contributed by atoms with Crippen LogP contribution in [0.5, 0.6) is 11.5 Å². The molecule has 25 heavy (non-hydrogen) atoms. The molecule has 2 heterocycles. The summed E-state index contributed by atoms with van der Waals surface area (Å²) in [6, 6.07) is 15.0. The number of carbonyl (C=O) groups excluding carboxylic acids is 1. The van der Waals surface area contributed by atoms with Crippen LogP contribution >= 0.6 is 0 Å². The van der Waals surface area contributed by atoms with Crippen molar-refractivity contribution in [1.82, 2.24) is 15.5 Å². The molecule has 0 bridgehead atoms. The van der Waals surface area contributed by atoms with Gasteiger partial charge in [0.15, 0.2) is 0 Å². The lowest BCUT2D eigenvalue weighted by molar-refractivity contribution is 0.0955. The van der Waals surface area contributed by atoms with Gasteiger partial charge in [0, 0.05) is 11.1 Å². The van der Waals surface area contributed by atoms with Crippen LogP contribution in [0.25, 0.3) is 11.3 Å². The Kier molecular flexibility index (Phi) is 3.65. The van der Waals surface area contributed by atoms with E-state index in [1.54, 1.807) is 14.2 Å². The third kappa shape index (κ3) is 2.52. The average Bonchev–Trinajstić information content (AvgIpc) is 3.23. The van der Waals surface area contributed by atoms with Gasteiger partial charge < -0.3 is 14.8 Å². The molecule has 1 amide bonds. The zero-order valence-electron chi connectivity index (χ0n) is 13.9. The Bertz CT molecular complexity index is 914.